The lowest BCUT2D eigenvalue weighted by Gasteiger charge is -2.34. The molecule has 0 atom stereocenters. The average Bonchev–Trinajstić information content (AvgIpc) is 2.38. The standard InChI is InChI=1S/C14H21NO4S/c1-11-3-4-13(9-12(11)10-16)20(17,18)15-14(2)5-7-19-8-6-14/h3-4,9,15-16H,5-8,10H2,1-2H3. The molecule has 1 aromatic carbocycles. The van der Waals surface area contributed by atoms with Gasteiger partial charge < -0.3 is 9.84 Å². The van der Waals surface area contributed by atoms with E-state index in [1.54, 1.807) is 12.1 Å². The van der Waals surface area contributed by atoms with E-state index in [1.807, 2.05) is 13.8 Å². The van der Waals surface area contributed by atoms with E-state index < -0.39 is 15.6 Å². The summed E-state index contributed by atoms with van der Waals surface area (Å²) in [7, 11) is -3.58. The summed E-state index contributed by atoms with van der Waals surface area (Å²) in [5.41, 5.74) is 1.04. The third kappa shape index (κ3) is 3.38. The summed E-state index contributed by atoms with van der Waals surface area (Å²) in [6.45, 7) is 4.70. The van der Waals surface area contributed by atoms with Crippen molar-refractivity contribution in [3.05, 3.63) is 29.3 Å². The van der Waals surface area contributed by atoms with Crippen LogP contribution in [0.5, 0.6) is 0 Å². The number of hydrogen-bond donors (Lipinski definition) is 2. The second-order valence-corrected chi connectivity index (χ2v) is 7.21. The number of rotatable bonds is 4. The normalized spacial score (nSPS) is 18.9. The Hall–Kier alpha value is -0.950. The molecule has 0 aliphatic carbocycles. The maximum Gasteiger partial charge on any atom is 0.241 e. The van der Waals surface area contributed by atoms with E-state index in [0.717, 1.165) is 5.56 Å². The van der Waals surface area contributed by atoms with Gasteiger partial charge in [0, 0.05) is 18.8 Å². The lowest BCUT2D eigenvalue weighted by molar-refractivity contribution is 0.0537. The number of hydrogen-bond acceptors (Lipinski definition) is 4. The molecule has 0 saturated carbocycles. The van der Waals surface area contributed by atoms with Crippen LogP contribution < -0.4 is 4.72 Å². The third-order valence-corrected chi connectivity index (χ3v) is 5.41. The molecular weight excluding hydrogens is 278 g/mol. The van der Waals surface area contributed by atoms with Gasteiger partial charge in [0.2, 0.25) is 10.0 Å². The predicted octanol–water partition coefficient (Wildman–Crippen LogP) is 1.33. The van der Waals surface area contributed by atoms with Crippen molar-refractivity contribution in [3.8, 4) is 0 Å². The van der Waals surface area contributed by atoms with E-state index in [9.17, 15) is 13.5 Å². The van der Waals surface area contributed by atoms with Gasteiger partial charge in [0.05, 0.1) is 11.5 Å². The average molecular weight is 299 g/mol. The van der Waals surface area contributed by atoms with Crippen molar-refractivity contribution in [2.24, 2.45) is 0 Å². The number of aliphatic hydroxyl groups excluding tert-OH is 1. The van der Waals surface area contributed by atoms with Crippen molar-refractivity contribution >= 4 is 10.0 Å². The molecule has 112 valence electrons. The van der Waals surface area contributed by atoms with Gasteiger partial charge in [-0.2, -0.15) is 0 Å². The maximum atomic E-state index is 12.5. The van der Waals surface area contributed by atoms with Gasteiger partial charge in [-0.25, -0.2) is 13.1 Å². The second-order valence-electron chi connectivity index (χ2n) is 5.52. The van der Waals surface area contributed by atoms with Gasteiger partial charge >= 0.3 is 0 Å². The van der Waals surface area contributed by atoms with Crippen molar-refractivity contribution in [3.63, 3.8) is 0 Å². The molecule has 2 rings (SSSR count). The number of ether oxygens (including phenoxy) is 1. The monoisotopic (exact) mass is 299 g/mol. The lowest BCUT2D eigenvalue weighted by atomic mass is 9.94. The van der Waals surface area contributed by atoms with Gasteiger partial charge in [-0.15, -0.1) is 0 Å². The minimum Gasteiger partial charge on any atom is -0.392 e. The number of aryl methyl sites for hydroxylation is 1. The summed E-state index contributed by atoms with van der Waals surface area (Å²) >= 11 is 0. The van der Waals surface area contributed by atoms with Crippen molar-refractivity contribution in [2.75, 3.05) is 13.2 Å². The third-order valence-electron chi connectivity index (χ3n) is 3.78. The van der Waals surface area contributed by atoms with Crippen molar-refractivity contribution in [1.29, 1.82) is 0 Å². The van der Waals surface area contributed by atoms with Crippen LogP contribution in [0.25, 0.3) is 0 Å². The minimum atomic E-state index is -3.58. The highest BCUT2D eigenvalue weighted by atomic mass is 32.2. The fourth-order valence-electron chi connectivity index (χ4n) is 2.29. The summed E-state index contributed by atoms with van der Waals surface area (Å²) in [5, 5.41) is 9.25. The van der Waals surface area contributed by atoms with Crippen LogP contribution >= 0.6 is 0 Å². The van der Waals surface area contributed by atoms with E-state index in [-0.39, 0.29) is 11.5 Å². The zero-order valence-electron chi connectivity index (χ0n) is 11.8. The molecular formula is C14H21NO4S. The molecule has 0 bridgehead atoms. The van der Waals surface area contributed by atoms with Crippen LogP contribution in [0.4, 0.5) is 0 Å². The molecule has 1 aromatic rings. The molecule has 1 aliphatic heterocycles. The highest BCUT2D eigenvalue weighted by Crippen LogP contribution is 2.24. The quantitative estimate of drug-likeness (QED) is 0.879. The fraction of sp³-hybridized carbons (Fsp3) is 0.571. The number of benzene rings is 1. The number of aliphatic hydroxyl groups is 1. The number of sulfonamides is 1. The molecule has 1 fully saturated rings. The van der Waals surface area contributed by atoms with Crippen LogP contribution in [0.15, 0.2) is 23.1 Å². The van der Waals surface area contributed by atoms with Crippen LogP contribution in [0.3, 0.4) is 0 Å². The van der Waals surface area contributed by atoms with E-state index in [4.69, 9.17) is 4.74 Å². The van der Waals surface area contributed by atoms with Gasteiger partial charge in [0.25, 0.3) is 0 Å². The lowest BCUT2D eigenvalue weighted by Crippen LogP contribution is -2.49. The molecule has 0 aromatic heterocycles. The van der Waals surface area contributed by atoms with Crippen LogP contribution in [0, 0.1) is 6.92 Å². The first-order valence-electron chi connectivity index (χ1n) is 6.68. The second kappa shape index (κ2) is 5.81. The Morgan fingerprint density at radius 2 is 2.00 bits per heavy atom. The van der Waals surface area contributed by atoms with Crippen LogP contribution in [0.2, 0.25) is 0 Å². The minimum absolute atomic E-state index is 0.166. The molecule has 0 radical (unpaired) electrons. The molecule has 0 unspecified atom stereocenters. The maximum absolute atomic E-state index is 12.5. The van der Waals surface area contributed by atoms with Gasteiger partial charge in [0.15, 0.2) is 0 Å². The Morgan fingerprint density at radius 3 is 2.60 bits per heavy atom. The zero-order valence-corrected chi connectivity index (χ0v) is 12.7. The number of nitrogens with one attached hydrogen (secondary N) is 1. The van der Waals surface area contributed by atoms with Gasteiger partial charge in [0.1, 0.15) is 0 Å². The summed E-state index contributed by atoms with van der Waals surface area (Å²) in [4.78, 5) is 0.194. The topological polar surface area (TPSA) is 75.6 Å². The van der Waals surface area contributed by atoms with Crippen LogP contribution in [-0.2, 0) is 21.4 Å². The molecule has 1 saturated heterocycles. The van der Waals surface area contributed by atoms with E-state index in [0.29, 0.717) is 31.6 Å². The molecule has 1 heterocycles. The Labute approximate surface area is 120 Å². The van der Waals surface area contributed by atoms with Gasteiger partial charge in [-0.1, -0.05) is 6.07 Å². The Balaban J connectivity index is 2.26. The van der Waals surface area contributed by atoms with Crippen molar-refractivity contribution < 1.29 is 18.3 Å². The molecule has 2 N–H and O–H groups in total. The molecule has 5 nitrogen and oxygen atoms in total. The first kappa shape index (κ1) is 15.4. The van der Waals surface area contributed by atoms with Gasteiger partial charge in [-0.3, -0.25) is 0 Å². The first-order valence-corrected chi connectivity index (χ1v) is 8.17. The Kier molecular flexibility index (Phi) is 4.49. The van der Waals surface area contributed by atoms with Crippen molar-refractivity contribution in [1.82, 2.24) is 4.72 Å². The molecule has 0 spiro atoms. The SMILES string of the molecule is Cc1ccc(S(=O)(=O)NC2(C)CCOCC2)cc1CO. The molecule has 0 amide bonds. The highest BCUT2D eigenvalue weighted by molar-refractivity contribution is 7.89. The van der Waals surface area contributed by atoms with Crippen LogP contribution in [0.1, 0.15) is 30.9 Å². The molecule has 20 heavy (non-hydrogen) atoms. The molecule has 1 aliphatic rings. The summed E-state index contributed by atoms with van der Waals surface area (Å²) in [5.74, 6) is 0. The van der Waals surface area contributed by atoms with E-state index in [2.05, 4.69) is 4.72 Å². The van der Waals surface area contributed by atoms with Crippen molar-refractivity contribution in [2.45, 2.75) is 43.7 Å². The van der Waals surface area contributed by atoms with E-state index in [1.165, 1.54) is 6.07 Å². The Morgan fingerprint density at radius 1 is 1.35 bits per heavy atom. The summed E-state index contributed by atoms with van der Waals surface area (Å²) in [6.07, 6.45) is 1.32. The highest BCUT2D eigenvalue weighted by Gasteiger charge is 2.32. The smallest absolute Gasteiger partial charge is 0.241 e. The zero-order chi connectivity index (χ0) is 14.8. The first-order chi connectivity index (χ1) is 9.36. The van der Waals surface area contributed by atoms with Crippen LogP contribution in [-0.4, -0.2) is 32.3 Å². The molecule has 6 heteroatoms. The summed E-state index contributed by atoms with van der Waals surface area (Å²) in [6, 6.07) is 4.81. The Bertz CT molecular complexity index is 577. The fourth-order valence-corrected chi connectivity index (χ4v) is 3.81. The summed E-state index contributed by atoms with van der Waals surface area (Å²) < 4.78 is 32.9. The predicted molar refractivity (Wildman–Crippen MR) is 75.9 cm³/mol. The van der Waals surface area contributed by atoms with E-state index >= 15 is 0 Å². The van der Waals surface area contributed by atoms with Gasteiger partial charge in [-0.05, 0) is 49.9 Å². The largest absolute Gasteiger partial charge is 0.392 e.